The Morgan fingerprint density at radius 1 is 1.17 bits per heavy atom. The average Bonchev–Trinajstić information content (AvgIpc) is 3.06. The van der Waals surface area contributed by atoms with E-state index in [0.717, 1.165) is 0 Å². The molecule has 0 saturated carbocycles. The summed E-state index contributed by atoms with van der Waals surface area (Å²) >= 11 is 0. The van der Waals surface area contributed by atoms with E-state index in [1.165, 1.54) is 14.2 Å². The van der Waals surface area contributed by atoms with Crippen LogP contribution in [0.1, 0.15) is 34.6 Å². The fourth-order valence-corrected chi connectivity index (χ4v) is 5.24. The molecule has 0 aliphatic carbocycles. The van der Waals surface area contributed by atoms with Crippen LogP contribution in [0.25, 0.3) is 0 Å². The summed E-state index contributed by atoms with van der Waals surface area (Å²) in [5.41, 5.74) is 1.46. The lowest BCUT2D eigenvalue weighted by Gasteiger charge is -2.32. The average molecular weight is 423 g/mol. The summed E-state index contributed by atoms with van der Waals surface area (Å²) < 4.78 is 38.6. The molecular formula is C19H26N4O5S. The molecule has 0 atom stereocenters. The van der Waals surface area contributed by atoms with Crippen molar-refractivity contribution in [3.8, 4) is 11.5 Å². The molecule has 2 aromatic rings. The van der Waals surface area contributed by atoms with E-state index in [9.17, 15) is 13.2 Å². The fraction of sp³-hybridized carbons (Fsp3) is 0.474. The van der Waals surface area contributed by atoms with Crippen LogP contribution in [0.4, 0.5) is 0 Å². The molecule has 29 heavy (non-hydrogen) atoms. The van der Waals surface area contributed by atoms with E-state index in [0.29, 0.717) is 54.4 Å². The van der Waals surface area contributed by atoms with Crippen LogP contribution in [-0.2, 0) is 10.0 Å². The third-order valence-corrected chi connectivity index (χ3v) is 6.85. The van der Waals surface area contributed by atoms with Gasteiger partial charge in [-0.2, -0.15) is 5.10 Å². The number of rotatable bonds is 6. The molecule has 1 aromatic carbocycles. The van der Waals surface area contributed by atoms with Crippen molar-refractivity contribution in [2.75, 3.05) is 27.3 Å². The van der Waals surface area contributed by atoms with Gasteiger partial charge in [0.2, 0.25) is 10.0 Å². The van der Waals surface area contributed by atoms with Crippen molar-refractivity contribution in [3.63, 3.8) is 0 Å². The van der Waals surface area contributed by atoms with Gasteiger partial charge in [0.05, 0.1) is 25.6 Å². The van der Waals surface area contributed by atoms with Crippen LogP contribution in [0.5, 0.6) is 11.5 Å². The number of aromatic amines is 1. The second kappa shape index (κ2) is 8.42. The number of sulfonamides is 1. The number of carbonyl (C=O) groups excluding carboxylic acids is 1. The molecule has 1 aromatic heterocycles. The van der Waals surface area contributed by atoms with Gasteiger partial charge in [0.25, 0.3) is 5.91 Å². The van der Waals surface area contributed by atoms with E-state index in [4.69, 9.17) is 9.47 Å². The second-order valence-corrected chi connectivity index (χ2v) is 8.67. The summed E-state index contributed by atoms with van der Waals surface area (Å²) in [7, 11) is -0.602. The topological polar surface area (TPSA) is 114 Å². The van der Waals surface area contributed by atoms with Gasteiger partial charge >= 0.3 is 0 Å². The van der Waals surface area contributed by atoms with Crippen LogP contribution in [0.15, 0.2) is 23.1 Å². The maximum absolute atomic E-state index is 12.8. The fourth-order valence-electron chi connectivity index (χ4n) is 3.57. The molecule has 0 spiro atoms. The predicted molar refractivity (Wildman–Crippen MR) is 107 cm³/mol. The van der Waals surface area contributed by atoms with Crippen LogP contribution < -0.4 is 14.2 Å². The molecule has 1 saturated heterocycles. The first-order valence-corrected chi connectivity index (χ1v) is 10.8. The van der Waals surface area contributed by atoms with E-state index in [2.05, 4.69) is 14.9 Å². The maximum Gasteiger partial charge on any atom is 0.253 e. The number of amides is 1. The first-order chi connectivity index (χ1) is 13.8. The number of nitrogens with one attached hydrogen (secondary N) is 2. The standard InChI is InChI=1S/C19H26N4O5S/c1-12-18(13(2)21-20-12)29(25,26)22-15-7-9-23(10-8-15)19(24)14-5-6-16(27-3)17(11-14)28-4/h5-6,11,15,22H,7-10H2,1-4H3,(H,20,21). The van der Waals surface area contributed by atoms with Gasteiger partial charge in [0.1, 0.15) is 4.90 Å². The predicted octanol–water partition coefficient (Wildman–Crippen LogP) is 1.63. The van der Waals surface area contributed by atoms with Crippen molar-refractivity contribution >= 4 is 15.9 Å². The first-order valence-electron chi connectivity index (χ1n) is 9.32. The molecule has 3 rings (SSSR count). The summed E-state index contributed by atoms with van der Waals surface area (Å²) in [5.74, 6) is 0.933. The number of hydrogen-bond donors (Lipinski definition) is 2. The summed E-state index contributed by atoms with van der Waals surface area (Å²) in [6.45, 7) is 4.26. The number of aryl methyl sites for hydroxylation is 2. The van der Waals surface area contributed by atoms with Crippen molar-refractivity contribution < 1.29 is 22.7 Å². The second-order valence-electron chi connectivity index (χ2n) is 7.02. The van der Waals surface area contributed by atoms with Gasteiger partial charge in [-0.3, -0.25) is 9.89 Å². The van der Waals surface area contributed by atoms with E-state index in [1.54, 1.807) is 36.9 Å². The Morgan fingerprint density at radius 2 is 1.83 bits per heavy atom. The number of H-pyrrole nitrogens is 1. The molecule has 158 valence electrons. The van der Waals surface area contributed by atoms with Crippen molar-refractivity contribution in [2.45, 2.75) is 37.6 Å². The minimum Gasteiger partial charge on any atom is -0.493 e. The molecule has 0 unspecified atom stereocenters. The number of hydrogen-bond acceptors (Lipinski definition) is 6. The lowest BCUT2D eigenvalue weighted by molar-refractivity contribution is 0.0711. The number of nitrogens with zero attached hydrogens (tertiary/aromatic N) is 2. The first kappa shape index (κ1) is 21.1. The molecule has 1 aliphatic heterocycles. The molecule has 1 fully saturated rings. The largest absolute Gasteiger partial charge is 0.493 e. The highest BCUT2D eigenvalue weighted by atomic mass is 32.2. The number of ether oxygens (including phenoxy) is 2. The van der Waals surface area contributed by atoms with Crippen molar-refractivity contribution in [1.29, 1.82) is 0 Å². The highest BCUT2D eigenvalue weighted by molar-refractivity contribution is 7.89. The normalized spacial score (nSPS) is 15.4. The Labute approximate surface area is 170 Å². The molecule has 0 radical (unpaired) electrons. The van der Waals surface area contributed by atoms with Gasteiger partial charge < -0.3 is 14.4 Å². The third-order valence-electron chi connectivity index (χ3n) is 5.06. The third kappa shape index (κ3) is 4.38. The molecule has 1 amide bonds. The van der Waals surface area contributed by atoms with E-state index in [1.807, 2.05) is 0 Å². The van der Waals surface area contributed by atoms with Gasteiger partial charge in [-0.1, -0.05) is 0 Å². The Balaban J connectivity index is 1.64. The highest BCUT2D eigenvalue weighted by Gasteiger charge is 2.29. The Kier molecular flexibility index (Phi) is 6.13. The van der Waals surface area contributed by atoms with Crippen LogP contribution >= 0.6 is 0 Å². The van der Waals surface area contributed by atoms with Crippen LogP contribution in [0.3, 0.4) is 0 Å². The minimum absolute atomic E-state index is 0.117. The van der Waals surface area contributed by atoms with Crippen LogP contribution in [0, 0.1) is 13.8 Å². The van der Waals surface area contributed by atoms with Gasteiger partial charge in [0.15, 0.2) is 11.5 Å². The zero-order valence-corrected chi connectivity index (χ0v) is 17.8. The van der Waals surface area contributed by atoms with Crippen LogP contribution in [-0.4, -0.2) is 62.8 Å². The van der Waals surface area contributed by atoms with Gasteiger partial charge in [0, 0.05) is 24.7 Å². The number of benzene rings is 1. The van der Waals surface area contributed by atoms with Gasteiger partial charge in [-0.15, -0.1) is 0 Å². The Morgan fingerprint density at radius 3 is 2.38 bits per heavy atom. The Hall–Kier alpha value is -2.59. The number of piperidine rings is 1. The maximum atomic E-state index is 12.8. The summed E-state index contributed by atoms with van der Waals surface area (Å²) in [4.78, 5) is 14.7. The lowest BCUT2D eigenvalue weighted by atomic mass is 10.0. The van der Waals surface area contributed by atoms with Gasteiger partial charge in [-0.25, -0.2) is 13.1 Å². The number of carbonyl (C=O) groups is 1. The van der Waals surface area contributed by atoms with Crippen molar-refractivity contribution in [3.05, 3.63) is 35.2 Å². The number of likely N-dealkylation sites (tertiary alicyclic amines) is 1. The molecular weight excluding hydrogens is 396 g/mol. The summed E-state index contributed by atoms with van der Waals surface area (Å²) in [6, 6.07) is 4.81. The Bertz CT molecular complexity index is 975. The number of aromatic nitrogens is 2. The van der Waals surface area contributed by atoms with Crippen molar-refractivity contribution in [1.82, 2.24) is 19.8 Å². The lowest BCUT2D eigenvalue weighted by Crippen LogP contribution is -2.46. The smallest absolute Gasteiger partial charge is 0.253 e. The van der Waals surface area contributed by atoms with E-state index >= 15 is 0 Å². The molecule has 1 aliphatic rings. The SMILES string of the molecule is COc1ccc(C(=O)N2CCC(NS(=O)(=O)c3c(C)n[nH]c3C)CC2)cc1OC. The zero-order valence-electron chi connectivity index (χ0n) is 17.0. The van der Waals surface area contributed by atoms with Gasteiger partial charge in [-0.05, 0) is 44.9 Å². The molecule has 2 heterocycles. The van der Waals surface area contributed by atoms with Crippen LogP contribution in [0.2, 0.25) is 0 Å². The quantitative estimate of drug-likeness (QED) is 0.731. The van der Waals surface area contributed by atoms with E-state index < -0.39 is 10.0 Å². The summed E-state index contributed by atoms with van der Waals surface area (Å²) in [6.07, 6.45) is 1.07. The molecule has 9 nitrogen and oxygen atoms in total. The highest BCUT2D eigenvalue weighted by Crippen LogP contribution is 2.28. The monoisotopic (exact) mass is 422 g/mol. The van der Waals surface area contributed by atoms with Crippen molar-refractivity contribution in [2.24, 2.45) is 0 Å². The molecule has 2 N–H and O–H groups in total. The zero-order chi connectivity index (χ0) is 21.2. The molecule has 0 bridgehead atoms. The summed E-state index contributed by atoms with van der Waals surface area (Å²) in [5, 5.41) is 6.65. The van der Waals surface area contributed by atoms with E-state index in [-0.39, 0.29) is 16.8 Å². The molecule has 10 heteroatoms. The minimum atomic E-state index is -3.66. The number of methoxy groups -OCH3 is 2.